The zero-order valence-corrected chi connectivity index (χ0v) is 14.9. The van der Waals surface area contributed by atoms with Crippen LogP contribution in [0.15, 0.2) is 6.07 Å². The molecule has 1 aromatic heterocycles. The Bertz CT molecular complexity index is 821. The van der Waals surface area contributed by atoms with Crippen molar-refractivity contribution >= 4 is 15.7 Å². The first kappa shape index (κ1) is 17.8. The maximum Gasteiger partial charge on any atom is 0.435 e. The van der Waals surface area contributed by atoms with Crippen LogP contribution in [0.3, 0.4) is 0 Å². The zero-order chi connectivity index (χ0) is 18.7. The van der Waals surface area contributed by atoms with E-state index in [0.29, 0.717) is 25.7 Å². The van der Waals surface area contributed by atoms with Gasteiger partial charge in [-0.2, -0.15) is 18.3 Å². The summed E-state index contributed by atoms with van der Waals surface area (Å²) < 4.78 is 62.8. The fourth-order valence-corrected chi connectivity index (χ4v) is 6.47. The number of amides is 1. The quantitative estimate of drug-likeness (QED) is 0.858. The Morgan fingerprint density at radius 2 is 1.81 bits per heavy atom. The third-order valence-electron chi connectivity index (χ3n) is 5.59. The van der Waals surface area contributed by atoms with Gasteiger partial charge in [0.2, 0.25) is 0 Å². The molecule has 1 aromatic rings. The van der Waals surface area contributed by atoms with Crippen LogP contribution in [-0.2, 0) is 16.0 Å². The second-order valence-electron chi connectivity index (χ2n) is 7.87. The van der Waals surface area contributed by atoms with Crippen LogP contribution in [0.5, 0.6) is 0 Å². The van der Waals surface area contributed by atoms with Crippen molar-refractivity contribution in [2.75, 3.05) is 11.5 Å². The molecule has 1 aliphatic heterocycles. The van der Waals surface area contributed by atoms with Gasteiger partial charge in [0.25, 0.3) is 5.91 Å². The minimum atomic E-state index is -4.58. The normalized spacial score (nSPS) is 25.0. The fourth-order valence-electron chi connectivity index (χ4n) is 4.11. The molecule has 0 bridgehead atoms. The Kier molecular flexibility index (Phi) is 3.91. The number of sulfone groups is 1. The minimum absolute atomic E-state index is 0.0497. The lowest BCUT2D eigenvalue weighted by Crippen LogP contribution is -2.52. The molecule has 26 heavy (non-hydrogen) atoms. The molecule has 0 aromatic carbocycles. The first-order chi connectivity index (χ1) is 12.1. The molecule has 2 aliphatic carbocycles. The second-order valence-corrected chi connectivity index (χ2v) is 9.93. The molecule has 3 fully saturated rings. The highest BCUT2D eigenvalue weighted by Gasteiger charge is 2.50. The number of rotatable bonds is 3. The van der Waals surface area contributed by atoms with Gasteiger partial charge in [0.1, 0.15) is 5.69 Å². The predicted octanol–water partition coefficient (Wildman–Crippen LogP) is 2.32. The van der Waals surface area contributed by atoms with Crippen LogP contribution in [0.4, 0.5) is 13.2 Å². The largest absolute Gasteiger partial charge is 0.435 e. The van der Waals surface area contributed by atoms with Crippen LogP contribution in [0.2, 0.25) is 0 Å². The molecule has 0 radical (unpaired) electrons. The molecule has 144 valence electrons. The van der Waals surface area contributed by atoms with E-state index in [1.807, 2.05) is 0 Å². The van der Waals surface area contributed by atoms with Crippen molar-refractivity contribution in [3.05, 3.63) is 17.5 Å². The van der Waals surface area contributed by atoms with E-state index in [2.05, 4.69) is 10.4 Å². The smallest absolute Gasteiger partial charge is 0.348 e. The summed E-state index contributed by atoms with van der Waals surface area (Å²) >= 11 is 0. The van der Waals surface area contributed by atoms with Crippen molar-refractivity contribution in [3.63, 3.8) is 0 Å². The third kappa shape index (κ3) is 3.35. The van der Waals surface area contributed by atoms with Crippen LogP contribution >= 0.6 is 0 Å². The molecule has 1 N–H and O–H groups in total. The Morgan fingerprint density at radius 1 is 1.19 bits per heavy atom. The van der Waals surface area contributed by atoms with E-state index in [4.69, 9.17) is 0 Å². The lowest BCUT2D eigenvalue weighted by atomic mass is 9.74. The second kappa shape index (κ2) is 5.71. The predicted molar refractivity (Wildman–Crippen MR) is 86.3 cm³/mol. The molecule has 10 heteroatoms. The molecule has 2 saturated carbocycles. The van der Waals surface area contributed by atoms with E-state index in [0.717, 1.165) is 18.9 Å². The standard InChI is InChI=1S/C16H20F3N3O3S/c17-16(18,19)13-7-12(22(21-13)11-1-2-11)14(23)20-10-3-5-15(6-4-10)8-26(24,25)9-15/h7,10-11H,1-6,8-9H2,(H,20,23). The number of nitrogens with one attached hydrogen (secondary N) is 1. The Hall–Kier alpha value is -1.58. The van der Waals surface area contributed by atoms with Gasteiger partial charge in [-0.3, -0.25) is 9.48 Å². The van der Waals surface area contributed by atoms with Crippen LogP contribution in [-0.4, -0.2) is 41.7 Å². The number of hydrogen-bond donors (Lipinski definition) is 1. The molecular weight excluding hydrogens is 371 g/mol. The summed E-state index contributed by atoms with van der Waals surface area (Å²) in [7, 11) is -2.90. The lowest BCUT2D eigenvalue weighted by molar-refractivity contribution is -0.141. The number of carbonyl (C=O) groups excluding carboxylic acids is 1. The lowest BCUT2D eigenvalue weighted by Gasteiger charge is -2.46. The average Bonchev–Trinajstić information content (AvgIpc) is 3.24. The van der Waals surface area contributed by atoms with Gasteiger partial charge in [-0.15, -0.1) is 0 Å². The Labute approximate surface area is 149 Å². The fraction of sp³-hybridized carbons (Fsp3) is 0.750. The molecule has 0 unspecified atom stereocenters. The van der Waals surface area contributed by atoms with E-state index in [1.165, 1.54) is 4.68 Å². The van der Waals surface area contributed by atoms with E-state index >= 15 is 0 Å². The minimum Gasteiger partial charge on any atom is -0.348 e. The summed E-state index contributed by atoms with van der Waals surface area (Å²) in [5.74, 6) is -0.115. The topological polar surface area (TPSA) is 81.1 Å². The molecule has 1 spiro atoms. The van der Waals surface area contributed by atoms with Crippen molar-refractivity contribution in [1.82, 2.24) is 15.1 Å². The molecule has 2 heterocycles. The summed E-state index contributed by atoms with van der Waals surface area (Å²) in [5, 5.41) is 6.40. The van der Waals surface area contributed by atoms with Gasteiger partial charge < -0.3 is 5.32 Å². The molecule has 0 atom stereocenters. The monoisotopic (exact) mass is 391 g/mol. The maximum atomic E-state index is 12.9. The van der Waals surface area contributed by atoms with Crippen LogP contribution in [0, 0.1) is 5.41 Å². The number of alkyl halides is 3. The zero-order valence-electron chi connectivity index (χ0n) is 14.1. The van der Waals surface area contributed by atoms with Crippen molar-refractivity contribution in [2.24, 2.45) is 5.41 Å². The van der Waals surface area contributed by atoms with Crippen molar-refractivity contribution < 1.29 is 26.4 Å². The number of hydrogen-bond acceptors (Lipinski definition) is 4. The van der Waals surface area contributed by atoms with Gasteiger partial charge in [0, 0.05) is 12.1 Å². The molecule has 6 nitrogen and oxygen atoms in total. The number of aromatic nitrogens is 2. The molecular formula is C16H20F3N3O3S. The SMILES string of the molecule is O=C(NC1CCC2(CC1)CS(=O)(=O)C2)c1cc(C(F)(F)F)nn1C1CC1. The van der Waals surface area contributed by atoms with Crippen molar-refractivity contribution in [2.45, 2.75) is 56.8 Å². The van der Waals surface area contributed by atoms with Crippen molar-refractivity contribution in [1.29, 1.82) is 0 Å². The van der Waals surface area contributed by atoms with E-state index in [1.54, 1.807) is 0 Å². The van der Waals surface area contributed by atoms with E-state index in [9.17, 15) is 26.4 Å². The number of halogens is 3. The highest BCUT2D eigenvalue weighted by Crippen LogP contribution is 2.45. The summed E-state index contributed by atoms with van der Waals surface area (Å²) in [5.41, 5.74) is -1.25. The van der Waals surface area contributed by atoms with Gasteiger partial charge in [0.15, 0.2) is 15.5 Å². The van der Waals surface area contributed by atoms with Gasteiger partial charge in [-0.1, -0.05) is 0 Å². The van der Waals surface area contributed by atoms with Crippen LogP contribution in [0.25, 0.3) is 0 Å². The number of carbonyl (C=O) groups is 1. The molecule has 4 rings (SSSR count). The molecule has 3 aliphatic rings. The average molecular weight is 391 g/mol. The van der Waals surface area contributed by atoms with Crippen LogP contribution < -0.4 is 5.32 Å². The maximum absolute atomic E-state index is 12.9. The van der Waals surface area contributed by atoms with Gasteiger partial charge in [0.05, 0.1) is 17.5 Å². The summed E-state index contributed by atoms with van der Waals surface area (Å²) in [6, 6.07) is 0.534. The first-order valence-corrected chi connectivity index (χ1v) is 10.6. The summed E-state index contributed by atoms with van der Waals surface area (Å²) in [6.45, 7) is 0. The molecule has 1 amide bonds. The van der Waals surface area contributed by atoms with Crippen molar-refractivity contribution in [3.8, 4) is 0 Å². The summed E-state index contributed by atoms with van der Waals surface area (Å²) in [6.07, 6.45) is -0.420. The Balaban J connectivity index is 1.42. The van der Waals surface area contributed by atoms with Crippen LogP contribution in [0.1, 0.15) is 60.7 Å². The highest BCUT2D eigenvalue weighted by molar-refractivity contribution is 7.92. The number of nitrogens with zero attached hydrogens (tertiary/aromatic N) is 2. The Morgan fingerprint density at radius 3 is 2.31 bits per heavy atom. The first-order valence-electron chi connectivity index (χ1n) is 8.75. The third-order valence-corrected chi connectivity index (χ3v) is 7.69. The van der Waals surface area contributed by atoms with Gasteiger partial charge in [-0.05, 0) is 43.9 Å². The molecule has 1 saturated heterocycles. The van der Waals surface area contributed by atoms with Gasteiger partial charge in [-0.25, -0.2) is 8.42 Å². The van der Waals surface area contributed by atoms with E-state index < -0.39 is 27.6 Å². The highest BCUT2D eigenvalue weighted by atomic mass is 32.2. The van der Waals surface area contributed by atoms with Gasteiger partial charge >= 0.3 is 6.18 Å². The summed E-state index contributed by atoms with van der Waals surface area (Å²) in [4.78, 5) is 12.5. The van der Waals surface area contributed by atoms with E-state index in [-0.39, 0.29) is 34.7 Å².